The van der Waals surface area contributed by atoms with E-state index in [1.807, 2.05) is 0 Å². The van der Waals surface area contributed by atoms with Crippen LogP contribution in [0.3, 0.4) is 0 Å². The summed E-state index contributed by atoms with van der Waals surface area (Å²) >= 11 is 0. The van der Waals surface area contributed by atoms with Crippen LogP contribution >= 0.6 is 0 Å². The van der Waals surface area contributed by atoms with Crippen LogP contribution in [0.25, 0.3) is 11.1 Å². The van der Waals surface area contributed by atoms with Crippen LogP contribution in [-0.2, 0) is 20.4 Å². The maximum Gasteiger partial charge on any atom is 0.430 e. The minimum atomic E-state index is -6.17. The third-order valence-corrected chi connectivity index (χ3v) is 7.36. The molecule has 0 aliphatic carbocycles. The van der Waals surface area contributed by atoms with Crippen molar-refractivity contribution in [1.29, 1.82) is 0 Å². The molecule has 7 nitrogen and oxygen atoms in total. The maximum atomic E-state index is 14.6. The molecule has 1 amide bonds. The smallest absolute Gasteiger partial charge is 0.430 e. The van der Waals surface area contributed by atoms with Gasteiger partial charge in [0, 0.05) is 23.9 Å². The number of amides is 1. The summed E-state index contributed by atoms with van der Waals surface area (Å²) in [5, 5.41) is 9.46. The van der Waals surface area contributed by atoms with Crippen LogP contribution in [0.5, 0.6) is 5.75 Å². The van der Waals surface area contributed by atoms with Crippen LogP contribution in [-0.4, -0.2) is 45.4 Å². The van der Waals surface area contributed by atoms with Crippen LogP contribution in [0, 0.1) is 5.82 Å². The molecule has 1 heterocycles. The van der Waals surface area contributed by atoms with Crippen molar-refractivity contribution in [1.82, 2.24) is 0 Å². The van der Waals surface area contributed by atoms with Crippen molar-refractivity contribution < 1.29 is 53.8 Å². The Hall–Kier alpha value is -3.85. The first-order chi connectivity index (χ1) is 18.0. The number of nitrogens with zero attached hydrogens (tertiary/aromatic N) is 1. The largest absolute Gasteiger partial charge is 0.482 e. The Morgan fingerprint density at radius 3 is 2.10 bits per heavy atom. The third-order valence-electron chi connectivity index (χ3n) is 5.98. The van der Waals surface area contributed by atoms with Crippen molar-refractivity contribution in [3.8, 4) is 16.9 Å². The minimum absolute atomic E-state index is 0.00213. The lowest BCUT2D eigenvalue weighted by atomic mass is 9.90. The normalized spacial score (nSPS) is 14.6. The van der Waals surface area contributed by atoms with Gasteiger partial charge in [-0.3, -0.25) is 9.52 Å². The molecule has 0 bridgehead atoms. The minimum Gasteiger partial charge on any atom is -0.482 e. The number of benzene rings is 3. The van der Waals surface area contributed by atoms with E-state index < -0.39 is 44.9 Å². The first kappa shape index (κ1) is 28.2. The second-order valence-corrected chi connectivity index (χ2v) is 10.1. The Balaban J connectivity index is 1.59. The quantitative estimate of drug-likeness (QED) is 0.418. The predicted octanol–water partition coefficient (Wildman–Crippen LogP) is 4.96. The average molecular weight is 578 g/mol. The summed E-state index contributed by atoms with van der Waals surface area (Å²) < 4.78 is 126. The van der Waals surface area contributed by atoms with Gasteiger partial charge in [-0.2, -0.15) is 26.3 Å². The van der Waals surface area contributed by atoms with Gasteiger partial charge in [0.05, 0.1) is 10.6 Å². The summed E-state index contributed by atoms with van der Waals surface area (Å²) in [6.45, 7) is -0.199. The molecular weight excluding hydrogens is 561 g/mol. The lowest BCUT2D eigenvalue weighted by molar-refractivity contribution is -0.376. The fourth-order valence-corrected chi connectivity index (χ4v) is 4.89. The second-order valence-electron chi connectivity index (χ2n) is 8.45. The number of hydrogen-bond acceptors (Lipinski definition) is 5. The van der Waals surface area contributed by atoms with Crippen LogP contribution in [0.1, 0.15) is 5.56 Å². The Morgan fingerprint density at radius 2 is 1.54 bits per heavy atom. The van der Waals surface area contributed by atoms with Crippen molar-refractivity contribution in [2.75, 3.05) is 23.3 Å². The fourth-order valence-electron chi connectivity index (χ4n) is 3.81. The molecule has 39 heavy (non-hydrogen) atoms. The second kappa shape index (κ2) is 9.41. The van der Waals surface area contributed by atoms with E-state index in [1.165, 1.54) is 54.4 Å². The van der Waals surface area contributed by atoms with Gasteiger partial charge in [0.25, 0.3) is 21.5 Å². The summed E-state index contributed by atoms with van der Waals surface area (Å²) in [5.41, 5.74) is -7.22. The molecule has 0 unspecified atom stereocenters. The first-order valence-electron chi connectivity index (χ1n) is 10.8. The molecule has 0 fully saturated rings. The highest BCUT2D eigenvalue weighted by molar-refractivity contribution is 7.92. The Labute approximate surface area is 216 Å². The number of likely N-dealkylation sites (N-methyl/N-ethyl adjacent to an activating group) is 1. The van der Waals surface area contributed by atoms with E-state index in [0.717, 1.165) is 0 Å². The van der Waals surface area contributed by atoms with Crippen molar-refractivity contribution in [3.63, 3.8) is 0 Å². The van der Waals surface area contributed by atoms with Gasteiger partial charge in [-0.15, -0.1) is 0 Å². The molecule has 0 saturated heterocycles. The average Bonchev–Trinajstić information content (AvgIpc) is 2.84. The number of fused-ring (bicyclic) bond motifs is 1. The summed E-state index contributed by atoms with van der Waals surface area (Å²) in [4.78, 5) is 12.9. The van der Waals surface area contributed by atoms with Crippen LogP contribution in [0.4, 0.5) is 42.1 Å². The van der Waals surface area contributed by atoms with E-state index in [0.29, 0.717) is 17.9 Å². The molecule has 0 saturated carbocycles. The van der Waals surface area contributed by atoms with Crippen LogP contribution in [0.15, 0.2) is 65.6 Å². The van der Waals surface area contributed by atoms with E-state index in [4.69, 9.17) is 4.74 Å². The van der Waals surface area contributed by atoms with Crippen LogP contribution in [0.2, 0.25) is 0 Å². The standard InChI is InChI=1S/C24H17F7N2O5S/c1-33-19-11-16(7-9-20(19)38-12-21(33)34)39(36,37)32-15-5-2-13(3-6-15)17-8-4-14(10-18(17)25)22(35,23(26,27)28)24(29,30)31/h2-11,32,35H,12H2,1H3. The van der Waals surface area contributed by atoms with Crippen molar-refractivity contribution >= 4 is 27.3 Å². The number of sulfonamides is 1. The van der Waals surface area contributed by atoms with Gasteiger partial charge in [-0.1, -0.05) is 24.3 Å². The number of carbonyl (C=O) groups is 1. The summed E-state index contributed by atoms with van der Waals surface area (Å²) in [5.74, 6) is -1.57. The van der Waals surface area contributed by atoms with Gasteiger partial charge >= 0.3 is 12.4 Å². The van der Waals surface area contributed by atoms with Gasteiger partial charge in [0.15, 0.2) is 6.61 Å². The van der Waals surface area contributed by atoms with Gasteiger partial charge in [-0.05, 0) is 42.0 Å². The number of hydrogen-bond donors (Lipinski definition) is 2. The Morgan fingerprint density at radius 1 is 0.923 bits per heavy atom. The molecule has 0 aromatic heterocycles. The third kappa shape index (κ3) is 4.98. The number of carbonyl (C=O) groups excluding carboxylic acids is 1. The number of alkyl halides is 6. The van der Waals surface area contributed by atoms with Crippen LogP contribution < -0.4 is 14.4 Å². The molecule has 1 aliphatic rings. The van der Waals surface area contributed by atoms with E-state index in [-0.39, 0.29) is 40.4 Å². The zero-order valence-corrected chi connectivity index (χ0v) is 20.4. The number of nitrogens with one attached hydrogen (secondary N) is 1. The van der Waals surface area contributed by atoms with Gasteiger partial charge in [-0.25, -0.2) is 12.8 Å². The number of halogens is 7. The van der Waals surface area contributed by atoms with Crippen molar-refractivity contribution in [2.45, 2.75) is 22.8 Å². The van der Waals surface area contributed by atoms with Crippen molar-refractivity contribution in [2.24, 2.45) is 0 Å². The number of aliphatic hydroxyl groups is 1. The zero-order chi connectivity index (χ0) is 29.0. The molecule has 0 spiro atoms. The predicted molar refractivity (Wildman–Crippen MR) is 124 cm³/mol. The molecule has 3 aromatic carbocycles. The summed E-state index contributed by atoms with van der Waals surface area (Å²) in [6.07, 6.45) is -12.3. The topological polar surface area (TPSA) is 95.9 Å². The maximum absolute atomic E-state index is 14.6. The highest BCUT2D eigenvalue weighted by atomic mass is 32.2. The molecule has 1 aliphatic heterocycles. The van der Waals surface area contributed by atoms with Crippen molar-refractivity contribution in [3.05, 3.63) is 72.0 Å². The molecule has 208 valence electrons. The highest BCUT2D eigenvalue weighted by Crippen LogP contribution is 2.50. The van der Waals surface area contributed by atoms with E-state index in [9.17, 15) is 49.1 Å². The summed E-state index contributed by atoms with van der Waals surface area (Å²) in [7, 11) is -2.73. The lowest BCUT2D eigenvalue weighted by Crippen LogP contribution is -2.53. The molecule has 0 atom stereocenters. The number of anilines is 2. The van der Waals surface area contributed by atoms with E-state index in [1.54, 1.807) is 0 Å². The zero-order valence-electron chi connectivity index (χ0n) is 19.6. The molecule has 4 rings (SSSR count). The summed E-state index contributed by atoms with van der Waals surface area (Å²) in [6, 6.07) is 9.48. The highest BCUT2D eigenvalue weighted by Gasteiger charge is 2.71. The molecule has 3 aromatic rings. The molecule has 15 heteroatoms. The SMILES string of the molecule is CN1C(=O)COc2ccc(S(=O)(=O)Nc3ccc(-c4ccc(C(O)(C(F)(F)F)C(F)(F)F)cc4F)cc3)cc21. The number of rotatable bonds is 5. The Kier molecular flexibility index (Phi) is 6.80. The lowest BCUT2D eigenvalue weighted by Gasteiger charge is -2.32. The van der Waals surface area contributed by atoms with Gasteiger partial charge in [0.1, 0.15) is 11.6 Å². The first-order valence-corrected chi connectivity index (χ1v) is 12.3. The molecular formula is C24H17F7N2O5S. The fraction of sp³-hybridized carbons (Fsp3) is 0.208. The molecule has 0 radical (unpaired) electrons. The van der Waals surface area contributed by atoms with Gasteiger partial charge < -0.3 is 14.7 Å². The van der Waals surface area contributed by atoms with Gasteiger partial charge in [0.2, 0.25) is 0 Å². The van der Waals surface area contributed by atoms with E-state index in [2.05, 4.69) is 4.72 Å². The monoisotopic (exact) mass is 578 g/mol. The Bertz CT molecular complexity index is 1520. The molecule has 2 N–H and O–H groups in total. The number of ether oxygens (including phenoxy) is 1. The van der Waals surface area contributed by atoms with E-state index >= 15 is 0 Å².